The minimum absolute atomic E-state index is 0.231. The normalized spacial score (nSPS) is 13.7. The van der Waals surface area contributed by atoms with Crippen LogP contribution in [0, 0.1) is 11.8 Å². The quantitative estimate of drug-likeness (QED) is 0.216. The van der Waals surface area contributed by atoms with Crippen molar-refractivity contribution in [2.45, 2.75) is 52.2 Å². The molecule has 1 aliphatic heterocycles. The predicted octanol–water partition coefficient (Wildman–Crippen LogP) is 4.56. The molecular formula is C29H33N3O6. The number of carbonyl (C=O) groups excluding carboxylic acids is 2. The number of para-hydroxylation sites is 1. The van der Waals surface area contributed by atoms with Crippen molar-refractivity contribution in [2.75, 3.05) is 6.54 Å². The molecule has 0 saturated carbocycles. The van der Waals surface area contributed by atoms with Crippen LogP contribution in [0.2, 0.25) is 0 Å². The summed E-state index contributed by atoms with van der Waals surface area (Å²) in [5.74, 6) is -2.35. The van der Waals surface area contributed by atoms with Gasteiger partial charge in [0.25, 0.3) is 6.29 Å². The van der Waals surface area contributed by atoms with E-state index in [1.165, 1.54) is 5.56 Å². The maximum Gasteiger partial charge on any atom is 0.410 e. The zero-order chi connectivity index (χ0) is 27.1. The zero-order valence-electron chi connectivity index (χ0n) is 21.6. The first-order valence-corrected chi connectivity index (χ1v) is 12.9. The average Bonchev–Trinajstić information content (AvgIpc) is 3.33. The molecule has 4 rings (SSSR count). The van der Waals surface area contributed by atoms with Gasteiger partial charge in [0.1, 0.15) is 0 Å². The van der Waals surface area contributed by atoms with Gasteiger partial charge in [-0.15, -0.1) is 0 Å². The van der Waals surface area contributed by atoms with Crippen LogP contribution in [0.25, 0.3) is 5.69 Å². The Morgan fingerprint density at radius 3 is 2.50 bits per heavy atom. The van der Waals surface area contributed by atoms with Gasteiger partial charge in [-0.1, -0.05) is 50.2 Å². The van der Waals surface area contributed by atoms with Crippen molar-refractivity contribution in [3.8, 4) is 5.69 Å². The van der Waals surface area contributed by atoms with Crippen molar-refractivity contribution in [1.29, 1.82) is 0 Å². The summed E-state index contributed by atoms with van der Waals surface area (Å²) in [5.41, 5.74) is 4.58. The summed E-state index contributed by atoms with van der Waals surface area (Å²) < 4.78 is 12.7. The lowest BCUT2D eigenvalue weighted by atomic mass is 9.94. The number of aryl methyl sites for hydroxylation is 1. The second kappa shape index (κ2) is 12.4. The van der Waals surface area contributed by atoms with E-state index in [9.17, 15) is 19.5 Å². The maximum absolute atomic E-state index is 12.3. The molecular weight excluding hydrogens is 486 g/mol. The largest absolute Gasteiger partial charge is 0.481 e. The molecule has 0 saturated heterocycles. The zero-order valence-corrected chi connectivity index (χ0v) is 21.6. The van der Waals surface area contributed by atoms with Gasteiger partial charge in [0.2, 0.25) is 0 Å². The highest BCUT2D eigenvalue weighted by atomic mass is 16.7. The average molecular weight is 520 g/mol. The number of ether oxygens (including phenoxy) is 2. The summed E-state index contributed by atoms with van der Waals surface area (Å²) in [6.45, 7) is 3.79. The van der Waals surface area contributed by atoms with Crippen LogP contribution in [0.3, 0.4) is 0 Å². The first-order valence-electron chi connectivity index (χ1n) is 12.9. The Balaban J connectivity index is 1.26. The van der Waals surface area contributed by atoms with E-state index in [1.54, 1.807) is 50.5 Å². The van der Waals surface area contributed by atoms with Crippen LogP contribution in [0.5, 0.6) is 0 Å². The SMILES string of the molecule is CC(C)C(OC(=O)NCCC[C@@H](Cc1ncn2c1CCc1ccccc1-2)C(=O)O)OC(=O)c1ccccc1. The molecule has 9 heteroatoms. The number of benzene rings is 2. The van der Waals surface area contributed by atoms with Crippen LogP contribution in [-0.2, 0) is 33.5 Å². The number of imidazole rings is 1. The number of rotatable bonds is 11. The Bertz CT molecular complexity index is 1270. The number of hydrogen-bond acceptors (Lipinski definition) is 6. The molecule has 2 aromatic carbocycles. The lowest BCUT2D eigenvalue weighted by Crippen LogP contribution is -2.35. The number of alkyl carbamates (subject to hydrolysis) is 1. The van der Waals surface area contributed by atoms with Gasteiger partial charge in [-0.25, -0.2) is 14.6 Å². The Labute approximate surface area is 221 Å². The second-order valence-corrected chi connectivity index (χ2v) is 9.73. The fourth-order valence-corrected chi connectivity index (χ4v) is 4.54. The third-order valence-corrected chi connectivity index (χ3v) is 6.62. The number of carboxylic acid groups (broad SMARTS) is 1. The smallest absolute Gasteiger partial charge is 0.410 e. The molecule has 38 heavy (non-hydrogen) atoms. The second-order valence-electron chi connectivity index (χ2n) is 9.73. The lowest BCUT2D eigenvalue weighted by Gasteiger charge is -2.21. The summed E-state index contributed by atoms with van der Waals surface area (Å²) in [7, 11) is 0. The van der Waals surface area contributed by atoms with Gasteiger partial charge < -0.3 is 24.5 Å². The van der Waals surface area contributed by atoms with Crippen LogP contribution in [0.4, 0.5) is 4.79 Å². The number of esters is 1. The van der Waals surface area contributed by atoms with E-state index in [0.29, 0.717) is 24.8 Å². The number of aliphatic carboxylic acids is 1. The molecule has 1 aromatic heterocycles. The van der Waals surface area contributed by atoms with E-state index >= 15 is 0 Å². The summed E-state index contributed by atoms with van der Waals surface area (Å²) in [4.78, 5) is 41.1. The number of nitrogens with zero attached hydrogens (tertiary/aromatic N) is 2. The van der Waals surface area contributed by atoms with E-state index in [-0.39, 0.29) is 12.5 Å². The third-order valence-electron chi connectivity index (χ3n) is 6.62. The van der Waals surface area contributed by atoms with Gasteiger partial charge in [0, 0.05) is 30.3 Å². The molecule has 0 fully saturated rings. The van der Waals surface area contributed by atoms with Crippen LogP contribution in [0.15, 0.2) is 60.9 Å². The van der Waals surface area contributed by atoms with Gasteiger partial charge >= 0.3 is 18.0 Å². The standard InChI is InChI=1S/C29H33N3O6/c1-19(2)28(37-27(35)21-10-4-3-5-11-21)38-29(36)30-16-8-12-22(26(33)34)17-23-25-15-14-20-9-6-7-13-24(20)32(25)18-31-23/h3-7,9-11,13,18-19,22,28H,8,12,14-17H2,1-2H3,(H,30,36)(H,33,34)/t22-,28?/m0/s1. The van der Waals surface area contributed by atoms with E-state index in [1.807, 2.05) is 12.1 Å². The van der Waals surface area contributed by atoms with Crippen LogP contribution >= 0.6 is 0 Å². The number of fused-ring (bicyclic) bond motifs is 3. The van der Waals surface area contributed by atoms with E-state index in [2.05, 4.69) is 27.0 Å². The Morgan fingerprint density at radius 1 is 1.03 bits per heavy atom. The van der Waals surface area contributed by atoms with Crippen molar-refractivity contribution in [3.05, 3.63) is 83.4 Å². The minimum Gasteiger partial charge on any atom is -0.481 e. The molecule has 2 atom stereocenters. The fraction of sp³-hybridized carbons (Fsp3) is 0.379. The summed E-state index contributed by atoms with van der Waals surface area (Å²) in [6, 6.07) is 16.6. The van der Waals surface area contributed by atoms with Gasteiger partial charge in [-0.3, -0.25) is 4.79 Å². The van der Waals surface area contributed by atoms with Crippen LogP contribution < -0.4 is 5.32 Å². The Kier molecular flexibility index (Phi) is 8.78. The first kappa shape index (κ1) is 26.9. The monoisotopic (exact) mass is 519 g/mol. The number of aromatic nitrogens is 2. The molecule has 9 nitrogen and oxygen atoms in total. The van der Waals surface area contributed by atoms with Crippen molar-refractivity contribution in [1.82, 2.24) is 14.9 Å². The molecule has 2 heterocycles. The number of amides is 1. The molecule has 0 spiro atoms. The molecule has 0 radical (unpaired) electrons. The van der Waals surface area contributed by atoms with Crippen molar-refractivity contribution < 1.29 is 29.0 Å². The van der Waals surface area contributed by atoms with Crippen molar-refractivity contribution >= 4 is 18.0 Å². The van der Waals surface area contributed by atoms with E-state index < -0.39 is 30.2 Å². The fourth-order valence-electron chi connectivity index (χ4n) is 4.54. The summed E-state index contributed by atoms with van der Waals surface area (Å²) in [6.07, 6.45) is 2.86. The summed E-state index contributed by atoms with van der Waals surface area (Å²) in [5, 5.41) is 12.4. The molecule has 1 amide bonds. The third kappa shape index (κ3) is 6.59. The Hall–Kier alpha value is -4.14. The van der Waals surface area contributed by atoms with E-state index in [4.69, 9.17) is 9.47 Å². The number of hydrogen-bond donors (Lipinski definition) is 2. The highest BCUT2D eigenvalue weighted by Crippen LogP contribution is 2.28. The number of carboxylic acids is 1. The molecule has 2 N–H and O–H groups in total. The van der Waals surface area contributed by atoms with Crippen LogP contribution in [0.1, 0.15) is 54.0 Å². The highest BCUT2D eigenvalue weighted by Gasteiger charge is 2.26. The maximum atomic E-state index is 12.3. The predicted molar refractivity (Wildman–Crippen MR) is 140 cm³/mol. The molecule has 200 valence electrons. The van der Waals surface area contributed by atoms with Crippen molar-refractivity contribution in [2.24, 2.45) is 11.8 Å². The lowest BCUT2D eigenvalue weighted by molar-refractivity contribution is -0.142. The molecule has 0 bridgehead atoms. The van der Waals surface area contributed by atoms with Gasteiger partial charge in [0.05, 0.1) is 23.5 Å². The molecule has 1 unspecified atom stereocenters. The summed E-state index contributed by atoms with van der Waals surface area (Å²) >= 11 is 0. The van der Waals surface area contributed by atoms with Crippen LogP contribution in [-0.4, -0.2) is 45.5 Å². The topological polar surface area (TPSA) is 120 Å². The van der Waals surface area contributed by atoms with Gasteiger partial charge in [-0.2, -0.15) is 0 Å². The van der Waals surface area contributed by atoms with Crippen molar-refractivity contribution in [3.63, 3.8) is 0 Å². The highest BCUT2D eigenvalue weighted by molar-refractivity contribution is 5.89. The van der Waals surface area contributed by atoms with E-state index in [0.717, 1.165) is 29.9 Å². The van der Waals surface area contributed by atoms with Gasteiger partial charge in [-0.05, 0) is 49.4 Å². The minimum atomic E-state index is -1.05. The first-order chi connectivity index (χ1) is 18.3. The molecule has 3 aromatic rings. The van der Waals surface area contributed by atoms with Gasteiger partial charge in [0.15, 0.2) is 0 Å². The molecule has 0 aliphatic carbocycles. The number of carbonyl (C=O) groups is 3. The molecule has 1 aliphatic rings. The Morgan fingerprint density at radius 2 is 1.76 bits per heavy atom. The number of nitrogens with one attached hydrogen (secondary N) is 1.